The van der Waals surface area contributed by atoms with Crippen LogP contribution in [0.3, 0.4) is 0 Å². The number of allylic oxidation sites excluding steroid dienone is 2. The van der Waals surface area contributed by atoms with E-state index in [1.807, 2.05) is 5.57 Å². The van der Waals surface area contributed by atoms with Crippen molar-refractivity contribution in [3.63, 3.8) is 0 Å². The molecule has 0 aliphatic heterocycles. The summed E-state index contributed by atoms with van der Waals surface area (Å²) < 4.78 is 0. The molecule has 0 aromatic heterocycles. The molecule has 0 bridgehead atoms. The highest BCUT2D eigenvalue weighted by atomic mass is 16.3. The van der Waals surface area contributed by atoms with Crippen molar-refractivity contribution in [2.75, 3.05) is 0 Å². The molecule has 6 rings (SSSR count). The molecular formula is C36H48O. The minimum atomic E-state index is -0.0589. The Hall–Kier alpha value is -1.86. The van der Waals surface area contributed by atoms with Crippen LogP contribution in [-0.2, 0) is 0 Å². The van der Waals surface area contributed by atoms with Gasteiger partial charge in [0.05, 0.1) is 6.10 Å². The van der Waals surface area contributed by atoms with Crippen LogP contribution in [0.15, 0.2) is 72.3 Å². The molecule has 1 heteroatoms. The van der Waals surface area contributed by atoms with E-state index in [0.717, 1.165) is 36.5 Å². The van der Waals surface area contributed by atoms with Gasteiger partial charge >= 0.3 is 0 Å². The van der Waals surface area contributed by atoms with Crippen LogP contribution in [-0.4, -0.2) is 11.2 Å². The second-order valence-electron chi connectivity index (χ2n) is 13.8. The number of fused-ring (bicyclic) bond motifs is 5. The van der Waals surface area contributed by atoms with Gasteiger partial charge in [0.1, 0.15) is 0 Å². The summed E-state index contributed by atoms with van der Waals surface area (Å²) in [5.74, 6) is 4.45. The molecule has 2 aromatic carbocycles. The zero-order valence-corrected chi connectivity index (χ0v) is 23.4. The molecule has 0 spiro atoms. The number of benzene rings is 2. The lowest BCUT2D eigenvalue weighted by Gasteiger charge is -2.57. The fraction of sp³-hybridized carbons (Fsp3) is 0.611. The van der Waals surface area contributed by atoms with Gasteiger partial charge in [-0.25, -0.2) is 0 Å². The van der Waals surface area contributed by atoms with Crippen molar-refractivity contribution in [1.29, 1.82) is 0 Å². The molecule has 0 amide bonds. The van der Waals surface area contributed by atoms with Gasteiger partial charge < -0.3 is 5.11 Å². The minimum absolute atomic E-state index is 0.0589. The summed E-state index contributed by atoms with van der Waals surface area (Å²) in [6, 6.07) is 22.4. The Balaban J connectivity index is 1.19. The average Bonchev–Trinajstić information content (AvgIpc) is 3.28. The predicted molar refractivity (Wildman–Crippen MR) is 154 cm³/mol. The first kappa shape index (κ1) is 25.4. The molecule has 4 aliphatic carbocycles. The third-order valence-corrected chi connectivity index (χ3v) is 12.1. The Bertz CT molecular complexity index is 1050. The van der Waals surface area contributed by atoms with E-state index in [9.17, 15) is 5.11 Å². The van der Waals surface area contributed by atoms with Gasteiger partial charge in [0, 0.05) is 5.92 Å². The zero-order valence-electron chi connectivity index (χ0n) is 23.4. The molecule has 0 unspecified atom stereocenters. The molecule has 1 nitrogen and oxygen atoms in total. The average molecular weight is 497 g/mol. The number of aliphatic hydroxyl groups is 1. The second-order valence-corrected chi connectivity index (χ2v) is 13.8. The lowest BCUT2D eigenvalue weighted by atomic mass is 9.48. The van der Waals surface area contributed by atoms with Gasteiger partial charge in [-0.1, -0.05) is 93.1 Å². The number of hydrogen-bond acceptors (Lipinski definition) is 1. The maximum absolute atomic E-state index is 10.4. The quantitative estimate of drug-likeness (QED) is 0.395. The van der Waals surface area contributed by atoms with Crippen LogP contribution >= 0.6 is 0 Å². The number of rotatable bonds is 6. The maximum Gasteiger partial charge on any atom is 0.0543 e. The smallest absolute Gasteiger partial charge is 0.0543 e. The van der Waals surface area contributed by atoms with E-state index in [0.29, 0.717) is 22.7 Å². The van der Waals surface area contributed by atoms with Crippen molar-refractivity contribution in [1.82, 2.24) is 0 Å². The van der Waals surface area contributed by atoms with E-state index >= 15 is 0 Å². The summed E-state index contributed by atoms with van der Waals surface area (Å²) in [6.45, 7) is 7.81. The molecule has 8 atom stereocenters. The van der Waals surface area contributed by atoms with Gasteiger partial charge in [-0.15, -0.1) is 0 Å². The van der Waals surface area contributed by atoms with Crippen molar-refractivity contribution < 1.29 is 5.11 Å². The first-order chi connectivity index (χ1) is 17.9. The van der Waals surface area contributed by atoms with Gasteiger partial charge in [0.25, 0.3) is 0 Å². The summed E-state index contributed by atoms with van der Waals surface area (Å²) in [5.41, 5.74) is 5.55. The van der Waals surface area contributed by atoms with Crippen LogP contribution in [0.2, 0.25) is 0 Å². The summed E-state index contributed by atoms with van der Waals surface area (Å²) >= 11 is 0. The summed E-state index contributed by atoms with van der Waals surface area (Å²) in [4.78, 5) is 0. The third kappa shape index (κ3) is 4.44. The number of hydrogen-bond donors (Lipinski definition) is 1. The monoisotopic (exact) mass is 496 g/mol. The Kier molecular flexibility index (Phi) is 6.89. The predicted octanol–water partition coefficient (Wildman–Crippen LogP) is 9.17. The summed E-state index contributed by atoms with van der Waals surface area (Å²) in [6.07, 6.45) is 15.3. The summed E-state index contributed by atoms with van der Waals surface area (Å²) in [5, 5.41) is 10.4. The van der Waals surface area contributed by atoms with Crippen molar-refractivity contribution >= 4 is 0 Å². The van der Waals surface area contributed by atoms with Crippen molar-refractivity contribution in [3.05, 3.63) is 83.4 Å². The van der Waals surface area contributed by atoms with Crippen LogP contribution in [0.25, 0.3) is 0 Å². The second kappa shape index (κ2) is 10.0. The highest BCUT2D eigenvalue weighted by Crippen LogP contribution is 2.66. The van der Waals surface area contributed by atoms with Gasteiger partial charge in [-0.2, -0.15) is 0 Å². The molecule has 1 N–H and O–H groups in total. The SMILES string of the molecule is C[C@H](CCC(c1ccccc1)c1ccccc1)[C@H]1CC[C@H]2[C@@H]3CC[C@@H]4C[C@H](O)CC[C@]4(C)C3=CC[C@]12C. The highest BCUT2D eigenvalue weighted by Gasteiger charge is 2.57. The Morgan fingerprint density at radius 2 is 1.51 bits per heavy atom. The van der Waals surface area contributed by atoms with Crippen molar-refractivity contribution in [3.8, 4) is 0 Å². The lowest BCUT2D eigenvalue weighted by molar-refractivity contribution is -0.0158. The zero-order chi connectivity index (χ0) is 25.6. The van der Waals surface area contributed by atoms with Gasteiger partial charge in [-0.05, 0) is 116 Å². The largest absolute Gasteiger partial charge is 0.393 e. The molecular weight excluding hydrogens is 448 g/mol. The molecule has 198 valence electrons. The Morgan fingerprint density at radius 1 is 0.838 bits per heavy atom. The third-order valence-electron chi connectivity index (χ3n) is 12.1. The minimum Gasteiger partial charge on any atom is -0.393 e. The van der Waals surface area contributed by atoms with Crippen LogP contribution < -0.4 is 0 Å². The lowest BCUT2D eigenvalue weighted by Crippen LogP contribution is -2.48. The van der Waals surface area contributed by atoms with Crippen molar-refractivity contribution in [2.24, 2.45) is 40.4 Å². The molecule has 4 aliphatic rings. The molecule has 37 heavy (non-hydrogen) atoms. The van der Waals surface area contributed by atoms with Crippen LogP contribution in [0.1, 0.15) is 102 Å². The Labute approximate surface area is 225 Å². The normalized spacial score (nSPS) is 37.9. The van der Waals surface area contributed by atoms with E-state index in [-0.39, 0.29) is 6.10 Å². The van der Waals surface area contributed by atoms with E-state index in [4.69, 9.17) is 0 Å². The fourth-order valence-electron chi connectivity index (χ4n) is 10.0. The number of aliphatic hydroxyl groups excluding tert-OH is 1. The van der Waals surface area contributed by atoms with Crippen LogP contribution in [0.4, 0.5) is 0 Å². The Morgan fingerprint density at radius 3 is 2.19 bits per heavy atom. The van der Waals surface area contributed by atoms with Crippen molar-refractivity contribution in [2.45, 2.75) is 97.0 Å². The van der Waals surface area contributed by atoms with Gasteiger partial charge in [0.2, 0.25) is 0 Å². The summed E-state index contributed by atoms with van der Waals surface area (Å²) in [7, 11) is 0. The molecule has 0 saturated heterocycles. The van der Waals surface area contributed by atoms with E-state index in [1.54, 1.807) is 0 Å². The first-order valence-electron chi connectivity index (χ1n) is 15.4. The van der Waals surface area contributed by atoms with E-state index < -0.39 is 0 Å². The first-order valence-corrected chi connectivity index (χ1v) is 15.4. The molecule has 0 heterocycles. The molecule has 0 radical (unpaired) electrons. The molecule has 3 saturated carbocycles. The van der Waals surface area contributed by atoms with Gasteiger partial charge in [-0.3, -0.25) is 0 Å². The maximum atomic E-state index is 10.4. The fourth-order valence-corrected chi connectivity index (χ4v) is 10.0. The highest BCUT2D eigenvalue weighted by molar-refractivity contribution is 5.32. The standard InChI is InChI=1S/C36H48O/c1-25(14-16-30(26-10-6-4-7-11-26)27-12-8-5-9-13-27)32-18-19-33-31-17-15-28-24-29(37)20-22-35(28,2)34(31)21-23-36(32,33)3/h4-13,21,25,28-33,37H,14-20,22-24H2,1-3H3/t25-,28-,29-,31+,32-,33+,35+,36-/m1/s1. The molecule has 3 fully saturated rings. The van der Waals surface area contributed by atoms with Crippen LogP contribution in [0, 0.1) is 40.4 Å². The van der Waals surface area contributed by atoms with Gasteiger partial charge in [0.15, 0.2) is 0 Å². The topological polar surface area (TPSA) is 20.2 Å². The van der Waals surface area contributed by atoms with E-state index in [2.05, 4.69) is 87.5 Å². The van der Waals surface area contributed by atoms with E-state index in [1.165, 1.54) is 62.5 Å². The molecule has 2 aromatic rings. The van der Waals surface area contributed by atoms with Crippen LogP contribution in [0.5, 0.6) is 0 Å².